The molecule has 1 aliphatic rings. The van der Waals surface area contributed by atoms with Crippen molar-refractivity contribution in [3.05, 3.63) is 95.1 Å². The van der Waals surface area contributed by atoms with Crippen molar-refractivity contribution < 1.29 is 14.4 Å². The van der Waals surface area contributed by atoms with Crippen LogP contribution in [0.4, 0.5) is 11.4 Å². The summed E-state index contributed by atoms with van der Waals surface area (Å²) in [6.07, 6.45) is 0. The number of nitrogens with zero attached hydrogens (tertiary/aromatic N) is 1. The zero-order chi connectivity index (χ0) is 22.8. The summed E-state index contributed by atoms with van der Waals surface area (Å²) in [5.41, 5.74) is 3.36. The van der Waals surface area contributed by atoms with E-state index in [-0.39, 0.29) is 22.8 Å². The van der Waals surface area contributed by atoms with Gasteiger partial charge in [-0.05, 0) is 66.2 Å². The summed E-state index contributed by atoms with van der Waals surface area (Å²) >= 11 is 5.27. The Morgan fingerprint density at radius 2 is 1.50 bits per heavy atom. The lowest BCUT2D eigenvalue weighted by molar-refractivity contribution is 0.0924. The van der Waals surface area contributed by atoms with E-state index in [1.807, 2.05) is 12.1 Å². The average molecular weight is 444 g/mol. The molecule has 6 nitrogen and oxygen atoms in total. The van der Waals surface area contributed by atoms with Gasteiger partial charge in [-0.15, -0.1) is 0 Å². The lowest BCUT2D eigenvalue weighted by Crippen LogP contribution is -2.34. The number of rotatable bonds is 4. The molecule has 1 heterocycles. The maximum atomic E-state index is 12.7. The van der Waals surface area contributed by atoms with Crippen molar-refractivity contribution in [2.24, 2.45) is 0 Å². The monoisotopic (exact) mass is 443 g/mol. The first-order chi connectivity index (χ1) is 15.3. The van der Waals surface area contributed by atoms with Crippen molar-refractivity contribution in [1.29, 1.82) is 0 Å². The van der Waals surface area contributed by atoms with E-state index in [2.05, 4.69) is 24.5 Å². The molecule has 160 valence electrons. The maximum absolute atomic E-state index is 12.7. The van der Waals surface area contributed by atoms with Gasteiger partial charge in [-0.1, -0.05) is 44.2 Å². The molecule has 0 saturated carbocycles. The summed E-state index contributed by atoms with van der Waals surface area (Å²) in [5.74, 6) is -0.689. The molecule has 3 aromatic carbocycles. The number of hydrogen-bond acceptors (Lipinski definition) is 4. The summed E-state index contributed by atoms with van der Waals surface area (Å²) in [6.45, 7) is 4.18. The molecule has 4 rings (SSSR count). The molecule has 32 heavy (non-hydrogen) atoms. The van der Waals surface area contributed by atoms with Gasteiger partial charge in [0.15, 0.2) is 5.11 Å². The number of hydrogen-bond donors (Lipinski definition) is 2. The van der Waals surface area contributed by atoms with Crippen molar-refractivity contribution in [2.75, 3.05) is 10.2 Å². The lowest BCUT2D eigenvalue weighted by atomic mass is 10.0. The number of benzene rings is 3. The van der Waals surface area contributed by atoms with Crippen LogP contribution in [0.3, 0.4) is 0 Å². The Morgan fingerprint density at radius 1 is 0.875 bits per heavy atom. The molecule has 0 aliphatic carbocycles. The summed E-state index contributed by atoms with van der Waals surface area (Å²) < 4.78 is 0. The third-order valence-electron chi connectivity index (χ3n) is 5.22. The molecule has 3 aromatic rings. The first-order valence-electron chi connectivity index (χ1n) is 10.2. The summed E-state index contributed by atoms with van der Waals surface area (Å²) in [6, 6.07) is 20.8. The molecule has 0 unspecified atom stereocenters. The largest absolute Gasteiger partial charge is 0.332 e. The van der Waals surface area contributed by atoms with Crippen LogP contribution in [0.5, 0.6) is 0 Å². The van der Waals surface area contributed by atoms with Crippen molar-refractivity contribution in [2.45, 2.75) is 19.8 Å². The van der Waals surface area contributed by atoms with Crippen LogP contribution >= 0.6 is 12.2 Å². The lowest BCUT2D eigenvalue weighted by Gasteiger charge is -2.16. The van der Waals surface area contributed by atoms with Gasteiger partial charge in [-0.3, -0.25) is 19.7 Å². The van der Waals surface area contributed by atoms with Gasteiger partial charge in [-0.25, -0.2) is 4.90 Å². The second-order valence-electron chi connectivity index (χ2n) is 7.73. The van der Waals surface area contributed by atoms with Crippen molar-refractivity contribution in [3.63, 3.8) is 0 Å². The summed E-state index contributed by atoms with van der Waals surface area (Å²) in [5, 5.41) is 5.70. The molecular weight excluding hydrogens is 422 g/mol. The van der Waals surface area contributed by atoms with E-state index in [4.69, 9.17) is 12.2 Å². The van der Waals surface area contributed by atoms with Crippen molar-refractivity contribution in [3.8, 4) is 0 Å². The highest BCUT2D eigenvalue weighted by Gasteiger charge is 2.36. The number of carbonyl (C=O) groups is 3. The Kier molecular flexibility index (Phi) is 5.83. The van der Waals surface area contributed by atoms with Gasteiger partial charge in [0.2, 0.25) is 0 Å². The molecule has 7 heteroatoms. The zero-order valence-corrected chi connectivity index (χ0v) is 18.4. The normalized spacial score (nSPS) is 12.7. The quantitative estimate of drug-likeness (QED) is 0.450. The van der Waals surface area contributed by atoms with Gasteiger partial charge in [0.25, 0.3) is 17.7 Å². The Bertz CT molecular complexity index is 1200. The Morgan fingerprint density at radius 3 is 2.09 bits per heavy atom. The number of anilines is 2. The van der Waals surface area contributed by atoms with Crippen LogP contribution in [0.1, 0.15) is 56.4 Å². The topological polar surface area (TPSA) is 78.5 Å². The first-order valence-corrected chi connectivity index (χ1v) is 10.6. The van der Waals surface area contributed by atoms with E-state index < -0.39 is 0 Å². The fourth-order valence-electron chi connectivity index (χ4n) is 3.50. The number of amides is 3. The molecule has 0 spiro atoms. The van der Waals surface area contributed by atoms with Crippen LogP contribution in [0.2, 0.25) is 0 Å². The molecule has 0 aromatic heterocycles. The fraction of sp³-hybridized carbons (Fsp3) is 0.120. The van der Waals surface area contributed by atoms with E-state index in [1.54, 1.807) is 60.7 Å². The third-order valence-corrected chi connectivity index (χ3v) is 5.43. The molecule has 0 fully saturated rings. The van der Waals surface area contributed by atoms with E-state index in [1.165, 1.54) is 0 Å². The van der Waals surface area contributed by atoms with Gasteiger partial charge in [0.1, 0.15) is 0 Å². The van der Waals surface area contributed by atoms with Crippen LogP contribution < -0.4 is 15.5 Å². The highest BCUT2D eigenvalue weighted by Crippen LogP contribution is 2.29. The van der Waals surface area contributed by atoms with E-state index in [9.17, 15) is 14.4 Å². The number of nitrogens with one attached hydrogen (secondary N) is 2. The predicted molar refractivity (Wildman–Crippen MR) is 128 cm³/mol. The molecule has 1 aliphatic heterocycles. The minimum atomic E-state index is -0.372. The molecule has 0 atom stereocenters. The van der Waals surface area contributed by atoms with E-state index in [0.29, 0.717) is 34.0 Å². The predicted octanol–water partition coefficient (Wildman–Crippen LogP) is 4.74. The Balaban J connectivity index is 1.45. The minimum absolute atomic E-state index is 0.113. The number of thiocarbonyl (C=S) groups is 1. The fourth-order valence-corrected chi connectivity index (χ4v) is 3.71. The van der Waals surface area contributed by atoms with Crippen molar-refractivity contribution in [1.82, 2.24) is 5.32 Å². The Labute approximate surface area is 191 Å². The summed E-state index contributed by atoms with van der Waals surface area (Å²) in [4.78, 5) is 39.0. The van der Waals surface area contributed by atoms with Crippen molar-refractivity contribution >= 4 is 46.4 Å². The second-order valence-corrected chi connectivity index (χ2v) is 8.13. The van der Waals surface area contributed by atoms with Gasteiger partial charge in [0, 0.05) is 11.3 Å². The molecular formula is C25H21N3O3S. The first kappa shape index (κ1) is 21.4. The van der Waals surface area contributed by atoms with Crippen LogP contribution in [0, 0.1) is 0 Å². The molecule has 3 amide bonds. The summed E-state index contributed by atoms with van der Waals surface area (Å²) in [7, 11) is 0. The van der Waals surface area contributed by atoms with Crippen LogP contribution in [0.25, 0.3) is 0 Å². The van der Waals surface area contributed by atoms with Crippen LogP contribution in [0.15, 0.2) is 72.8 Å². The number of fused-ring (bicyclic) bond motifs is 1. The highest BCUT2D eigenvalue weighted by molar-refractivity contribution is 7.80. The standard InChI is InChI=1S/C25H21N3O3S/c1-15(2)16-10-12-17(13-11-16)22(29)27-25(32)26-18-6-5-7-19(14-18)28-23(30)20-8-3-4-9-21(20)24(28)31/h3-15H,1-2H3,(H2,26,27,29,32). The SMILES string of the molecule is CC(C)c1ccc(C(=O)NC(=S)Nc2cccc(N3C(=O)c4ccccc4C3=O)c2)cc1. The second kappa shape index (κ2) is 8.72. The van der Waals surface area contributed by atoms with Gasteiger partial charge >= 0.3 is 0 Å². The number of imide groups is 1. The minimum Gasteiger partial charge on any atom is -0.332 e. The molecule has 0 bridgehead atoms. The van der Waals surface area contributed by atoms with Gasteiger partial charge in [0.05, 0.1) is 16.8 Å². The van der Waals surface area contributed by atoms with E-state index in [0.717, 1.165) is 10.5 Å². The molecule has 0 saturated heterocycles. The average Bonchev–Trinajstić information content (AvgIpc) is 3.04. The molecule has 0 radical (unpaired) electrons. The zero-order valence-electron chi connectivity index (χ0n) is 17.6. The van der Waals surface area contributed by atoms with Gasteiger partial charge in [-0.2, -0.15) is 0 Å². The maximum Gasteiger partial charge on any atom is 0.266 e. The highest BCUT2D eigenvalue weighted by atomic mass is 32.1. The Hall–Kier alpha value is -3.84. The van der Waals surface area contributed by atoms with E-state index >= 15 is 0 Å². The van der Waals surface area contributed by atoms with Gasteiger partial charge < -0.3 is 5.32 Å². The molecule has 2 N–H and O–H groups in total. The van der Waals surface area contributed by atoms with Crippen LogP contribution in [-0.2, 0) is 0 Å². The van der Waals surface area contributed by atoms with Crippen LogP contribution in [-0.4, -0.2) is 22.8 Å². The third kappa shape index (κ3) is 4.15. The number of carbonyl (C=O) groups excluding carboxylic acids is 3. The smallest absolute Gasteiger partial charge is 0.266 e.